The first-order valence-corrected chi connectivity index (χ1v) is 4.49. The van der Waals surface area contributed by atoms with Crippen LogP contribution in [0.3, 0.4) is 0 Å². The van der Waals surface area contributed by atoms with Crippen LogP contribution in [0.4, 0.5) is 0 Å². The molecule has 0 aliphatic rings. The Kier molecular flexibility index (Phi) is 3.97. The number of aldehydes is 1. The molecule has 13 heavy (non-hydrogen) atoms. The molecule has 1 atom stereocenters. The van der Waals surface area contributed by atoms with Gasteiger partial charge in [0.05, 0.1) is 0 Å². The second-order valence-electron chi connectivity index (χ2n) is 3.11. The van der Waals surface area contributed by atoms with E-state index in [-0.39, 0.29) is 5.92 Å². The van der Waals surface area contributed by atoms with Gasteiger partial charge in [0.25, 0.3) is 0 Å². The molecule has 1 aromatic rings. The average Bonchev–Trinajstić information content (AvgIpc) is 2.19. The largest absolute Gasteiger partial charge is 0.303 e. The molecule has 1 rings (SSSR count). The number of rotatable bonds is 4. The van der Waals surface area contributed by atoms with Gasteiger partial charge in [-0.05, 0) is 12.0 Å². The number of benzene rings is 1. The standard InChI is InChI=1S/C12H14O/c1-11(10-13)6-5-9-12-7-3-2-4-8-12/h2-8,10-11H,9H2,1H3/b6-5+/t11-/m1/s1. The molecule has 0 aromatic heterocycles. The summed E-state index contributed by atoms with van der Waals surface area (Å²) in [6.45, 7) is 1.88. The Hall–Kier alpha value is -1.37. The van der Waals surface area contributed by atoms with Gasteiger partial charge in [0, 0.05) is 5.92 Å². The van der Waals surface area contributed by atoms with E-state index in [9.17, 15) is 4.79 Å². The molecule has 0 saturated carbocycles. The molecule has 0 amide bonds. The molecule has 1 aromatic carbocycles. The molecular formula is C12H14O. The van der Waals surface area contributed by atoms with Gasteiger partial charge in [0.15, 0.2) is 0 Å². The molecule has 0 fully saturated rings. The van der Waals surface area contributed by atoms with Gasteiger partial charge in [-0.25, -0.2) is 0 Å². The zero-order chi connectivity index (χ0) is 9.52. The fourth-order valence-corrected chi connectivity index (χ4v) is 1.08. The minimum absolute atomic E-state index is 0.0312. The zero-order valence-corrected chi connectivity index (χ0v) is 7.81. The zero-order valence-electron chi connectivity index (χ0n) is 7.81. The van der Waals surface area contributed by atoms with E-state index in [0.717, 1.165) is 12.7 Å². The summed E-state index contributed by atoms with van der Waals surface area (Å²) in [7, 11) is 0. The summed E-state index contributed by atoms with van der Waals surface area (Å²) in [6.07, 6.45) is 5.81. The van der Waals surface area contributed by atoms with E-state index in [2.05, 4.69) is 12.1 Å². The first-order chi connectivity index (χ1) is 6.33. The lowest BCUT2D eigenvalue weighted by atomic mass is 10.1. The molecule has 0 N–H and O–H groups in total. The van der Waals surface area contributed by atoms with Crippen molar-refractivity contribution < 1.29 is 4.79 Å². The third-order valence-electron chi connectivity index (χ3n) is 1.85. The van der Waals surface area contributed by atoms with E-state index in [1.54, 1.807) is 0 Å². The van der Waals surface area contributed by atoms with Gasteiger partial charge in [-0.15, -0.1) is 0 Å². The first-order valence-electron chi connectivity index (χ1n) is 4.49. The van der Waals surface area contributed by atoms with E-state index >= 15 is 0 Å². The molecule has 0 unspecified atom stereocenters. The van der Waals surface area contributed by atoms with E-state index in [4.69, 9.17) is 0 Å². The van der Waals surface area contributed by atoms with Gasteiger partial charge in [-0.1, -0.05) is 49.4 Å². The van der Waals surface area contributed by atoms with Gasteiger partial charge in [-0.2, -0.15) is 0 Å². The van der Waals surface area contributed by atoms with Crippen molar-refractivity contribution in [3.05, 3.63) is 48.0 Å². The summed E-state index contributed by atoms with van der Waals surface area (Å²) in [5.74, 6) is 0.0312. The molecule has 0 bridgehead atoms. The number of hydrogen-bond donors (Lipinski definition) is 0. The topological polar surface area (TPSA) is 17.1 Å². The van der Waals surface area contributed by atoms with Crippen LogP contribution in [0, 0.1) is 5.92 Å². The van der Waals surface area contributed by atoms with Crippen molar-refractivity contribution in [1.82, 2.24) is 0 Å². The molecule has 0 aliphatic carbocycles. The van der Waals surface area contributed by atoms with Crippen LogP contribution in [0.1, 0.15) is 12.5 Å². The van der Waals surface area contributed by atoms with Crippen LogP contribution in [-0.4, -0.2) is 6.29 Å². The molecule has 68 valence electrons. The van der Waals surface area contributed by atoms with E-state index in [1.807, 2.05) is 37.3 Å². The molecule has 0 radical (unpaired) electrons. The number of hydrogen-bond acceptors (Lipinski definition) is 1. The third-order valence-corrected chi connectivity index (χ3v) is 1.85. The van der Waals surface area contributed by atoms with Crippen LogP contribution >= 0.6 is 0 Å². The average molecular weight is 174 g/mol. The maximum atomic E-state index is 10.3. The van der Waals surface area contributed by atoms with Crippen LogP contribution in [-0.2, 0) is 11.2 Å². The minimum atomic E-state index is 0.0312. The lowest BCUT2D eigenvalue weighted by molar-refractivity contribution is -0.109. The van der Waals surface area contributed by atoms with Gasteiger partial charge < -0.3 is 4.79 Å². The highest BCUT2D eigenvalue weighted by molar-refractivity contribution is 5.55. The summed E-state index contributed by atoms with van der Waals surface area (Å²) in [4.78, 5) is 10.3. The van der Waals surface area contributed by atoms with Crippen LogP contribution in [0.2, 0.25) is 0 Å². The Bertz CT molecular complexity index is 274. The summed E-state index contributed by atoms with van der Waals surface area (Å²) >= 11 is 0. The smallest absolute Gasteiger partial charge is 0.126 e. The molecular weight excluding hydrogens is 160 g/mol. The van der Waals surface area contributed by atoms with Crippen molar-refractivity contribution in [2.24, 2.45) is 5.92 Å². The molecule has 0 saturated heterocycles. The number of carbonyl (C=O) groups is 1. The Morgan fingerprint density at radius 1 is 1.31 bits per heavy atom. The second-order valence-corrected chi connectivity index (χ2v) is 3.11. The van der Waals surface area contributed by atoms with Gasteiger partial charge in [0.1, 0.15) is 6.29 Å². The Labute approximate surface area is 79.1 Å². The third kappa shape index (κ3) is 3.70. The fourth-order valence-electron chi connectivity index (χ4n) is 1.08. The van der Waals surface area contributed by atoms with Gasteiger partial charge in [0.2, 0.25) is 0 Å². The van der Waals surface area contributed by atoms with Crippen molar-refractivity contribution in [3.63, 3.8) is 0 Å². The second kappa shape index (κ2) is 5.31. The maximum Gasteiger partial charge on any atom is 0.126 e. The highest BCUT2D eigenvalue weighted by Crippen LogP contribution is 2.01. The molecule has 0 aliphatic heterocycles. The Morgan fingerprint density at radius 2 is 2.00 bits per heavy atom. The summed E-state index contributed by atoms with van der Waals surface area (Å²) in [6, 6.07) is 10.2. The lowest BCUT2D eigenvalue weighted by Crippen LogP contribution is -1.89. The van der Waals surface area contributed by atoms with Crippen molar-refractivity contribution >= 4 is 6.29 Å². The van der Waals surface area contributed by atoms with Crippen LogP contribution in [0.5, 0.6) is 0 Å². The first kappa shape index (κ1) is 9.72. The fraction of sp³-hybridized carbons (Fsp3) is 0.250. The molecule has 0 heterocycles. The SMILES string of the molecule is C[C@@H](C=O)/C=C/Cc1ccccc1. The summed E-state index contributed by atoms with van der Waals surface area (Å²) < 4.78 is 0. The van der Waals surface area contributed by atoms with Crippen molar-refractivity contribution in [3.8, 4) is 0 Å². The van der Waals surface area contributed by atoms with Gasteiger partial charge >= 0.3 is 0 Å². The van der Waals surface area contributed by atoms with Crippen LogP contribution in [0.25, 0.3) is 0 Å². The predicted molar refractivity (Wildman–Crippen MR) is 54.5 cm³/mol. The molecule has 1 nitrogen and oxygen atoms in total. The Balaban J connectivity index is 2.43. The van der Waals surface area contributed by atoms with Crippen molar-refractivity contribution in [1.29, 1.82) is 0 Å². The number of carbonyl (C=O) groups excluding carboxylic acids is 1. The van der Waals surface area contributed by atoms with Crippen LogP contribution < -0.4 is 0 Å². The maximum absolute atomic E-state index is 10.3. The van der Waals surface area contributed by atoms with Crippen molar-refractivity contribution in [2.45, 2.75) is 13.3 Å². The summed E-state index contributed by atoms with van der Waals surface area (Å²) in [5, 5.41) is 0. The van der Waals surface area contributed by atoms with Gasteiger partial charge in [-0.3, -0.25) is 0 Å². The highest BCUT2D eigenvalue weighted by Gasteiger charge is 1.90. The minimum Gasteiger partial charge on any atom is -0.303 e. The monoisotopic (exact) mass is 174 g/mol. The Morgan fingerprint density at radius 3 is 2.62 bits per heavy atom. The van der Waals surface area contributed by atoms with E-state index < -0.39 is 0 Å². The highest BCUT2D eigenvalue weighted by atomic mass is 16.1. The molecule has 0 spiro atoms. The van der Waals surface area contributed by atoms with E-state index in [1.165, 1.54) is 5.56 Å². The van der Waals surface area contributed by atoms with Crippen molar-refractivity contribution in [2.75, 3.05) is 0 Å². The van der Waals surface area contributed by atoms with Crippen LogP contribution in [0.15, 0.2) is 42.5 Å². The number of allylic oxidation sites excluding steroid dienone is 2. The predicted octanol–water partition coefficient (Wildman–Crippen LogP) is 2.62. The summed E-state index contributed by atoms with van der Waals surface area (Å²) in [5.41, 5.74) is 1.27. The van der Waals surface area contributed by atoms with E-state index in [0.29, 0.717) is 0 Å². The normalized spacial score (nSPS) is 13.0. The lowest BCUT2D eigenvalue weighted by Gasteiger charge is -1.95. The quantitative estimate of drug-likeness (QED) is 0.506. The molecule has 1 heteroatoms.